The maximum absolute atomic E-state index is 14.1. The van der Waals surface area contributed by atoms with Crippen molar-refractivity contribution >= 4 is 29.6 Å². The number of anilines is 1. The van der Waals surface area contributed by atoms with Gasteiger partial charge in [0.2, 0.25) is 0 Å². The smallest absolute Gasteiger partial charge is 0.335 e. The van der Waals surface area contributed by atoms with Crippen molar-refractivity contribution in [2.24, 2.45) is 0 Å². The van der Waals surface area contributed by atoms with Crippen molar-refractivity contribution < 1.29 is 28.2 Å². The quantitative estimate of drug-likeness (QED) is 0.246. The highest BCUT2D eigenvalue weighted by molar-refractivity contribution is 6.39. The van der Waals surface area contributed by atoms with E-state index in [-0.39, 0.29) is 18.0 Å². The normalized spacial score (nSPS) is 14.5. The molecule has 0 unspecified atom stereocenters. The first-order valence-corrected chi connectivity index (χ1v) is 11.9. The van der Waals surface area contributed by atoms with Crippen molar-refractivity contribution in [2.75, 3.05) is 12.0 Å². The minimum Gasteiger partial charge on any atom is -0.493 e. The molecule has 194 valence electrons. The van der Waals surface area contributed by atoms with E-state index < -0.39 is 17.8 Å². The Kier molecular flexibility index (Phi) is 7.71. The van der Waals surface area contributed by atoms with E-state index in [0.717, 1.165) is 16.0 Å². The van der Waals surface area contributed by atoms with Crippen LogP contribution in [0.25, 0.3) is 6.08 Å². The van der Waals surface area contributed by atoms with Gasteiger partial charge in [-0.25, -0.2) is 14.1 Å². The van der Waals surface area contributed by atoms with Crippen LogP contribution in [-0.2, 0) is 22.6 Å². The van der Waals surface area contributed by atoms with Crippen molar-refractivity contribution in [1.29, 1.82) is 0 Å². The van der Waals surface area contributed by atoms with E-state index in [0.29, 0.717) is 40.3 Å². The summed E-state index contributed by atoms with van der Waals surface area (Å²) < 4.78 is 25.6. The number of rotatable bonds is 8. The predicted octanol–water partition coefficient (Wildman–Crippen LogP) is 5.43. The minimum absolute atomic E-state index is 0.0263. The zero-order valence-electron chi connectivity index (χ0n) is 21.3. The molecule has 4 rings (SSSR count). The Balaban J connectivity index is 1.72. The number of benzene rings is 3. The summed E-state index contributed by atoms with van der Waals surface area (Å²) in [5.41, 5.74) is 3.41. The molecule has 38 heavy (non-hydrogen) atoms. The number of nitrogens with one attached hydrogen (secondary N) is 1. The van der Waals surface area contributed by atoms with E-state index in [1.165, 1.54) is 19.3 Å². The minimum atomic E-state index is -0.816. The molecule has 4 amide bonds. The summed E-state index contributed by atoms with van der Waals surface area (Å²) in [6.07, 6.45) is 3.45. The highest BCUT2D eigenvalue weighted by Crippen LogP contribution is 2.35. The van der Waals surface area contributed by atoms with Crippen LogP contribution in [0.3, 0.4) is 0 Å². The molecule has 1 saturated heterocycles. The van der Waals surface area contributed by atoms with E-state index in [4.69, 9.17) is 9.47 Å². The van der Waals surface area contributed by atoms with Crippen molar-refractivity contribution in [3.8, 4) is 11.5 Å². The first-order valence-electron chi connectivity index (χ1n) is 11.9. The van der Waals surface area contributed by atoms with Crippen LogP contribution in [0.4, 0.5) is 14.9 Å². The maximum Gasteiger partial charge on any atom is 0.335 e. The Morgan fingerprint density at radius 3 is 2.37 bits per heavy atom. The van der Waals surface area contributed by atoms with Crippen LogP contribution in [0.15, 0.2) is 72.8 Å². The van der Waals surface area contributed by atoms with E-state index >= 15 is 0 Å². The summed E-state index contributed by atoms with van der Waals surface area (Å²) in [7, 11) is 1.46. The average molecular weight is 515 g/mol. The number of amides is 4. The van der Waals surface area contributed by atoms with Crippen LogP contribution in [0.5, 0.6) is 11.5 Å². The summed E-state index contributed by atoms with van der Waals surface area (Å²) >= 11 is 0. The molecule has 0 atom stereocenters. The molecule has 3 aromatic carbocycles. The highest BCUT2D eigenvalue weighted by Gasteiger charge is 2.37. The fraction of sp³-hybridized carbons (Fsp3) is 0.167. The van der Waals surface area contributed by atoms with Crippen molar-refractivity contribution in [1.82, 2.24) is 5.32 Å². The second kappa shape index (κ2) is 11.1. The third-order valence-electron chi connectivity index (χ3n) is 5.95. The Morgan fingerprint density at radius 1 is 1.00 bits per heavy atom. The van der Waals surface area contributed by atoms with Gasteiger partial charge < -0.3 is 9.47 Å². The first kappa shape index (κ1) is 26.3. The topological polar surface area (TPSA) is 84.9 Å². The van der Waals surface area contributed by atoms with Crippen molar-refractivity contribution in [3.63, 3.8) is 0 Å². The van der Waals surface area contributed by atoms with E-state index in [2.05, 4.69) is 11.9 Å². The summed E-state index contributed by atoms with van der Waals surface area (Å²) in [4.78, 5) is 39.6. The Labute approximate surface area is 220 Å². The van der Waals surface area contributed by atoms with Gasteiger partial charge in [-0.15, -0.1) is 6.58 Å². The van der Waals surface area contributed by atoms with E-state index in [1.807, 2.05) is 19.9 Å². The lowest BCUT2D eigenvalue weighted by Crippen LogP contribution is -2.54. The molecule has 0 aliphatic carbocycles. The molecule has 3 aromatic rings. The second-order valence-corrected chi connectivity index (χ2v) is 8.89. The Bertz CT molecular complexity index is 1460. The number of methoxy groups -OCH3 is 1. The largest absolute Gasteiger partial charge is 0.493 e. The second-order valence-electron chi connectivity index (χ2n) is 8.89. The number of allylic oxidation sites excluding steroid dienone is 1. The summed E-state index contributed by atoms with van der Waals surface area (Å²) in [5.74, 6) is -1.21. The summed E-state index contributed by atoms with van der Waals surface area (Å²) in [5, 5.41) is 2.24. The molecular formula is C30H27FN2O5. The van der Waals surface area contributed by atoms with Gasteiger partial charge in [0, 0.05) is 11.1 Å². The number of barbiturate groups is 1. The molecule has 0 aromatic heterocycles. The lowest BCUT2D eigenvalue weighted by Gasteiger charge is -2.27. The monoisotopic (exact) mass is 514 g/mol. The first-order chi connectivity index (χ1) is 18.2. The molecular weight excluding hydrogens is 487 g/mol. The van der Waals surface area contributed by atoms with Gasteiger partial charge in [0.1, 0.15) is 18.0 Å². The molecule has 0 saturated carbocycles. The number of nitrogens with zero attached hydrogens (tertiary/aromatic N) is 1. The molecule has 0 radical (unpaired) electrons. The number of carbonyl (C=O) groups excluding carboxylic acids is 3. The molecule has 0 spiro atoms. The Hall–Kier alpha value is -4.72. The fourth-order valence-electron chi connectivity index (χ4n) is 4.29. The molecule has 7 nitrogen and oxygen atoms in total. The zero-order valence-corrected chi connectivity index (χ0v) is 21.3. The van der Waals surface area contributed by atoms with Gasteiger partial charge in [0.05, 0.1) is 12.8 Å². The van der Waals surface area contributed by atoms with Gasteiger partial charge in [-0.2, -0.15) is 0 Å². The van der Waals surface area contributed by atoms with Crippen LogP contribution in [0.2, 0.25) is 0 Å². The SMILES string of the molecule is C=CCc1cc(/C=C2\C(=O)NC(=O)N(c3cc(C)cc(C)c3)C2=O)cc(OC)c1OCc1ccccc1F. The van der Waals surface area contributed by atoms with Crippen LogP contribution in [0.1, 0.15) is 27.8 Å². The number of aryl methyl sites for hydroxylation is 2. The fourth-order valence-corrected chi connectivity index (χ4v) is 4.29. The summed E-state index contributed by atoms with van der Waals surface area (Å²) in [6.45, 7) is 7.47. The van der Waals surface area contributed by atoms with Crippen LogP contribution >= 0.6 is 0 Å². The number of hydrogen-bond donors (Lipinski definition) is 1. The molecule has 1 N–H and O–H groups in total. The number of carbonyl (C=O) groups is 3. The van der Waals surface area contributed by atoms with E-state index in [1.54, 1.807) is 48.5 Å². The van der Waals surface area contributed by atoms with Gasteiger partial charge in [-0.05, 0) is 73.4 Å². The van der Waals surface area contributed by atoms with Crippen LogP contribution < -0.4 is 19.7 Å². The van der Waals surface area contributed by atoms with Gasteiger partial charge in [0.15, 0.2) is 11.5 Å². The van der Waals surface area contributed by atoms with Crippen molar-refractivity contribution in [2.45, 2.75) is 26.9 Å². The number of ether oxygens (including phenoxy) is 2. The predicted molar refractivity (Wildman–Crippen MR) is 143 cm³/mol. The summed E-state index contributed by atoms with van der Waals surface area (Å²) in [6, 6.07) is 14.1. The molecule has 1 fully saturated rings. The van der Waals surface area contributed by atoms with Crippen LogP contribution in [-0.4, -0.2) is 25.0 Å². The average Bonchev–Trinajstić information content (AvgIpc) is 2.86. The third-order valence-corrected chi connectivity index (χ3v) is 5.95. The molecule has 1 aliphatic heterocycles. The zero-order chi connectivity index (χ0) is 27.4. The van der Waals surface area contributed by atoms with Gasteiger partial charge in [-0.1, -0.05) is 30.3 Å². The lowest BCUT2D eigenvalue weighted by molar-refractivity contribution is -0.122. The molecule has 8 heteroatoms. The standard InChI is InChI=1S/C30H27FN2O5/c1-5-8-21-14-20(16-26(37-4)27(21)38-17-22-9-6-7-10-25(22)31)15-24-28(34)32-30(36)33(29(24)35)23-12-18(2)11-19(3)13-23/h5-7,9-16H,1,8,17H2,2-4H3,(H,32,34,36)/b24-15+. The molecule has 1 heterocycles. The molecule has 0 bridgehead atoms. The lowest BCUT2D eigenvalue weighted by atomic mass is 10.0. The number of hydrogen-bond acceptors (Lipinski definition) is 5. The van der Waals surface area contributed by atoms with E-state index in [9.17, 15) is 18.8 Å². The molecule has 1 aliphatic rings. The van der Waals surface area contributed by atoms with Gasteiger partial charge in [0.25, 0.3) is 11.8 Å². The maximum atomic E-state index is 14.1. The van der Waals surface area contributed by atoms with Crippen LogP contribution in [0, 0.1) is 19.7 Å². The highest BCUT2D eigenvalue weighted by atomic mass is 19.1. The number of imide groups is 2. The Morgan fingerprint density at radius 2 is 1.71 bits per heavy atom. The third kappa shape index (κ3) is 5.49. The van der Waals surface area contributed by atoms with Crippen molar-refractivity contribution in [3.05, 3.63) is 106 Å². The number of halogens is 1. The number of urea groups is 1. The van der Waals surface area contributed by atoms with Gasteiger partial charge in [-0.3, -0.25) is 14.9 Å². The van der Waals surface area contributed by atoms with Gasteiger partial charge >= 0.3 is 6.03 Å².